The number of ether oxygens (including phenoxy) is 2. The minimum absolute atomic E-state index is 0.174. The second-order valence-corrected chi connectivity index (χ2v) is 8.77. The summed E-state index contributed by atoms with van der Waals surface area (Å²) in [6, 6.07) is 16.6. The van der Waals surface area contributed by atoms with Crippen molar-refractivity contribution in [2.75, 3.05) is 47.5 Å². The van der Waals surface area contributed by atoms with Crippen LogP contribution in [0.4, 0.5) is 0 Å². The van der Waals surface area contributed by atoms with Gasteiger partial charge < -0.3 is 19.7 Å². The molecule has 1 fully saturated rings. The monoisotopic (exact) mass is 424 g/mol. The first-order chi connectivity index (χ1) is 15.0. The van der Waals surface area contributed by atoms with Crippen LogP contribution >= 0.6 is 0 Å². The van der Waals surface area contributed by atoms with Crippen LogP contribution < -0.4 is 10.1 Å². The van der Waals surface area contributed by atoms with Crippen LogP contribution in [-0.4, -0.2) is 58.3 Å². The van der Waals surface area contributed by atoms with Gasteiger partial charge in [0.1, 0.15) is 5.75 Å². The normalized spacial score (nSPS) is 15.6. The standard InChI is InChI=1S/C26H36N2O3/c1-28(2)15-5-4-14-27-25(29)26(12-16-31-17-13-26)20-21-8-6-9-22(18-21)23-10-7-11-24(19-23)30-3/h6-11,18-19H,4-5,12-17,20H2,1-3H3,(H,27,29). The van der Waals surface area contributed by atoms with Crippen molar-refractivity contribution in [2.24, 2.45) is 5.41 Å². The largest absolute Gasteiger partial charge is 0.497 e. The average Bonchev–Trinajstić information content (AvgIpc) is 2.79. The Morgan fingerprint density at radius 1 is 1.06 bits per heavy atom. The summed E-state index contributed by atoms with van der Waals surface area (Å²) in [5.74, 6) is 1.02. The summed E-state index contributed by atoms with van der Waals surface area (Å²) >= 11 is 0. The second kappa shape index (κ2) is 11.3. The predicted octanol–water partition coefficient (Wildman–Crippen LogP) is 4.16. The van der Waals surface area contributed by atoms with Gasteiger partial charge in [-0.15, -0.1) is 0 Å². The summed E-state index contributed by atoms with van der Waals surface area (Å²) in [5.41, 5.74) is 3.05. The molecule has 0 spiro atoms. The minimum Gasteiger partial charge on any atom is -0.497 e. The molecule has 1 amide bonds. The van der Waals surface area contributed by atoms with Crippen LogP contribution in [0.1, 0.15) is 31.2 Å². The Kier molecular flexibility index (Phi) is 8.50. The van der Waals surface area contributed by atoms with E-state index in [4.69, 9.17) is 9.47 Å². The van der Waals surface area contributed by atoms with Crippen LogP contribution in [0.5, 0.6) is 5.75 Å². The van der Waals surface area contributed by atoms with Gasteiger partial charge in [-0.3, -0.25) is 4.79 Å². The third-order valence-corrected chi connectivity index (χ3v) is 6.12. The van der Waals surface area contributed by atoms with E-state index in [0.717, 1.165) is 62.1 Å². The number of hydrogen-bond acceptors (Lipinski definition) is 4. The van der Waals surface area contributed by atoms with Crippen molar-refractivity contribution in [3.8, 4) is 16.9 Å². The fraction of sp³-hybridized carbons (Fsp3) is 0.500. The predicted molar refractivity (Wildman–Crippen MR) is 125 cm³/mol. The summed E-state index contributed by atoms with van der Waals surface area (Å²) in [7, 11) is 5.84. The van der Waals surface area contributed by atoms with E-state index in [0.29, 0.717) is 13.2 Å². The summed E-state index contributed by atoms with van der Waals surface area (Å²) in [5, 5.41) is 3.22. The number of nitrogens with zero attached hydrogens (tertiary/aromatic N) is 1. The lowest BCUT2D eigenvalue weighted by Crippen LogP contribution is -2.46. The van der Waals surface area contributed by atoms with E-state index in [9.17, 15) is 4.79 Å². The molecule has 1 heterocycles. The topological polar surface area (TPSA) is 50.8 Å². The maximum Gasteiger partial charge on any atom is 0.226 e. The highest BCUT2D eigenvalue weighted by molar-refractivity contribution is 5.83. The number of carbonyl (C=O) groups is 1. The number of benzene rings is 2. The molecule has 0 saturated carbocycles. The summed E-state index contributed by atoms with van der Waals surface area (Å²) in [4.78, 5) is 15.4. The van der Waals surface area contributed by atoms with Crippen molar-refractivity contribution in [3.63, 3.8) is 0 Å². The lowest BCUT2D eigenvalue weighted by atomic mass is 9.74. The van der Waals surface area contributed by atoms with Gasteiger partial charge in [0.25, 0.3) is 0 Å². The highest BCUT2D eigenvalue weighted by Gasteiger charge is 2.39. The minimum atomic E-state index is -0.396. The number of hydrogen-bond donors (Lipinski definition) is 1. The van der Waals surface area contributed by atoms with Crippen molar-refractivity contribution < 1.29 is 14.3 Å². The van der Waals surface area contributed by atoms with Crippen molar-refractivity contribution >= 4 is 5.91 Å². The highest BCUT2D eigenvalue weighted by Crippen LogP contribution is 2.36. The molecule has 0 aliphatic carbocycles. The van der Waals surface area contributed by atoms with Gasteiger partial charge in [-0.1, -0.05) is 36.4 Å². The molecule has 2 aromatic rings. The Morgan fingerprint density at radius 3 is 2.48 bits per heavy atom. The molecule has 5 nitrogen and oxygen atoms in total. The first kappa shape index (κ1) is 23.3. The molecule has 5 heteroatoms. The fourth-order valence-corrected chi connectivity index (χ4v) is 4.24. The third kappa shape index (κ3) is 6.55. The average molecular weight is 425 g/mol. The number of nitrogens with one attached hydrogen (secondary N) is 1. The summed E-state index contributed by atoms with van der Waals surface area (Å²) in [6.07, 6.45) is 4.35. The van der Waals surface area contributed by atoms with E-state index >= 15 is 0 Å². The number of carbonyl (C=O) groups excluding carboxylic acids is 1. The summed E-state index contributed by atoms with van der Waals surface area (Å²) < 4.78 is 11.0. The first-order valence-corrected chi connectivity index (χ1v) is 11.3. The first-order valence-electron chi connectivity index (χ1n) is 11.3. The molecular formula is C26H36N2O3. The van der Waals surface area contributed by atoms with E-state index < -0.39 is 5.41 Å². The van der Waals surface area contributed by atoms with Gasteiger partial charge in [-0.05, 0) is 81.6 Å². The van der Waals surface area contributed by atoms with E-state index in [1.165, 1.54) is 5.56 Å². The lowest BCUT2D eigenvalue weighted by molar-refractivity contribution is -0.136. The zero-order valence-electron chi connectivity index (χ0n) is 19.2. The van der Waals surface area contributed by atoms with E-state index in [2.05, 4.69) is 54.6 Å². The van der Waals surface area contributed by atoms with Crippen molar-refractivity contribution in [3.05, 3.63) is 54.1 Å². The van der Waals surface area contributed by atoms with Crippen LogP contribution in [0.2, 0.25) is 0 Å². The SMILES string of the molecule is COc1cccc(-c2cccc(CC3(C(=O)NCCCCN(C)C)CCOCC3)c2)c1. The van der Waals surface area contributed by atoms with Crippen LogP contribution in [0.25, 0.3) is 11.1 Å². The van der Waals surface area contributed by atoms with Gasteiger partial charge in [0.2, 0.25) is 5.91 Å². The molecular weight excluding hydrogens is 388 g/mol. The van der Waals surface area contributed by atoms with Crippen LogP contribution in [0.15, 0.2) is 48.5 Å². The van der Waals surface area contributed by atoms with Crippen molar-refractivity contribution in [1.82, 2.24) is 10.2 Å². The van der Waals surface area contributed by atoms with Crippen LogP contribution in [0, 0.1) is 5.41 Å². The van der Waals surface area contributed by atoms with Gasteiger partial charge in [0.05, 0.1) is 12.5 Å². The molecule has 2 aromatic carbocycles. The molecule has 31 heavy (non-hydrogen) atoms. The number of methoxy groups -OCH3 is 1. The molecule has 0 radical (unpaired) electrons. The second-order valence-electron chi connectivity index (χ2n) is 8.77. The van der Waals surface area contributed by atoms with Crippen molar-refractivity contribution in [1.29, 1.82) is 0 Å². The molecule has 0 unspecified atom stereocenters. The summed E-state index contributed by atoms with van der Waals surface area (Å²) in [6.45, 7) is 3.07. The van der Waals surface area contributed by atoms with E-state index in [-0.39, 0.29) is 5.91 Å². The van der Waals surface area contributed by atoms with Crippen LogP contribution in [-0.2, 0) is 16.0 Å². The molecule has 0 aromatic heterocycles. The Balaban J connectivity index is 1.71. The Hall–Kier alpha value is -2.37. The lowest BCUT2D eigenvalue weighted by Gasteiger charge is -2.36. The van der Waals surface area contributed by atoms with Gasteiger partial charge in [-0.25, -0.2) is 0 Å². The number of unbranched alkanes of at least 4 members (excludes halogenated alkanes) is 1. The van der Waals surface area contributed by atoms with Crippen LogP contribution in [0.3, 0.4) is 0 Å². The quantitative estimate of drug-likeness (QED) is 0.582. The zero-order valence-corrected chi connectivity index (χ0v) is 19.2. The number of amides is 1. The molecule has 1 saturated heterocycles. The highest BCUT2D eigenvalue weighted by atomic mass is 16.5. The molecule has 1 N–H and O–H groups in total. The van der Waals surface area contributed by atoms with Gasteiger partial charge >= 0.3 is 0 Å². The third-order valence-electron chi connectivity index (χ3n) is 6.12. The number of rotatable bonds is 10. The molecule has 1 aliphatic rings. The molecule has 0 bridgehead atoms. The van der Waals surface area contributed by atoms with E-state index in [1.807, 2.05) is 18.2 Å². The van der Waals surface area contributed by atoms with E-state index in [1.54, 1.807) is 7.11 Å². The Morgan fingerprint density at radius 2 is 1.77 bits per heavy atom. The van der Waals surface area contributed by atoms with Gasteiger partial charge in [-0.2, -0.15) is 0 Å². The molecule has 1 aliphatic heterocycles. The molecule has 3 rings (SSSR count). The molecule has 168 valence electrons. The Bertz CT molecular complexity index is 844. The molecule has 0 atom stereocenters. The van der Waals surface area contributed by atoms with Crippen molar-refractivity contribution in [2.45, 2.75) is 32.1 Å². The zero-order chi connectivity index (χ0) is 22.1. The fourth-order valence-electron chi connectivity index (χ4n) is 4.24. The van der Waals surface area contributed by atoms with Gasteiger partial charge in [0.15, 0.2) is 0 Å². The smallest absolute Gasteiger partial charge is 0.226 e. The Labute approximate surface area is 186 Å². The maximum atomic E-state index is 13.3. The van der Waals surface area contributed by atoms with Gasteiger partial charge in [0, 0.05) is 19.8 Å². The maximum absolute atomic E-state index is 13.3.